The van der Waals surface area contributed by atoms with E-state index in [1.165, 1.54) is 0 Å². The van der Waals surface area contributed by atoms with Gasteiger partial charge in [0.05, 0.1) is 18.1 Å². The van der Waals surface area contributed by atoms with Crippen molar-refractivity contribution in [2.75, 3.05) is 37.4 Å². The van der Waals surface area contributed by atoms with E-state index in [-0.39, 0.29) is 48.1 Å². The molecule has 0 aromatic heterocycles. The number of hydrogen-bond donors (Lipinski definition) is 6. The molecule has 0 aromatic carbocycles. The monoisotopic (exact) mass is 622 g/mol. The van der Waals surface area contributed by atoms with Crippen LogP contribution in [-0.2, 0) is 23.3 Å². The molecule has 4 atom stereocenters. The van der Waals surface area contributed by atoms with Crippen LogP contribution in [0.2, 0.25) is 0 Å². The van der Waals surface area contributed by atoms with Gasteiger partial charge in [0.25, 0.3) is 0 Å². The summed E-state index contributed by atoms with van der Waals surface area (Å²) in [6.45, 7) is 1.39. The molecule has 230 valence electrons. The van der Waals surface area contributed by atoms with Gasteiger partial charge in [-0.15, -0.1) is 0 Å². The second-order valence-electron chi connectivity index (χ2n) is 10.3. The maximum absolute atomic E-state index is 12.1. The van der Waals surface area contributed by atoms with Gasteiger partial charge in [0.15, 0.2) is 8.87 Å². The van der Waals surface area contributed by atoms with E-state index in [0.717, 1.165) is 67.7 Å². The maximum Gasteiger partial charge on any atom is 0.315 e. The molecular weight excluding hydrogens is 577 g/mol. The van der Waals surface area contributed by atoms with Crippen LogP contribution in [-0.4, -0.2) is 92.9 Å². The first-order chi connectivity index (χ1) is 19.0. The van der Waals surface area contributed by atoms with E-state index in [4.69, 9.17) is 5.73 Å². The van der Waals surface area contributed by atoms with E-state index in [1.54, 1.807) is 0 Å². The predicted octanol–water partition coefficient (Wildman–Crippen LogP) is 0.812. The van der Waals surface area contributed by atoms with Crippen LogP contribution < -0.4 is 32.3 Å². The molecule has 2 heterocycles. The summed E-state index contributed by atoms with van der Waals surface area (Å²) in [6.07, 6.45) is 9.26. The summed E-state index contributed by atoms with van der Waals surface area (Å²) in [7, 11) is -2.33. The number of rotatable bonds is 21. The Bertz CT molecular complexity index is 938. The second-order valence-corrected chi connectivity index (χ2v) is 16.1. The van der Waals surface area contributed by atoms with Crippen LogP contribution in [0.15, 0.2) is 0 Å². The molecule has 0 bridgehead atoms. The van der Waals surface area contributed by atoms with Crippen LogP contribution in [0.1, 0.15) is 70.6 Å². The second kappa shape index (κ2) is 18.7. The molecule has 2 saturated heterocycles. The van der Waals surface area contributed by atoms with Gasteiger partial charge in [-0.1, -0.05) is 12.8 Å². The van der Waals surface area contributed by atoms with Gasteiger partial charge >= 0.3 is 6.03 Å². The van der Waals surface area contributed by atoms with Crippen molar-refractivity contribution in [1.29, 1.82) is 0 Å². The van der Waals surface area contributed by atoms with Gasteiger partial charge < -0.3 is 32.3 Å². The highest BCUT2D eigenvalue weighted by atomic mass is 33.1. The number of urea groups is 1. The lowest BCUT2D eigenvalue weighted by Crippen LogP contribution is -2.41. The average molecular weight is 623 g/mol. The molecule has 0 radical (unpaired) electrons. The lowest BCUT2D eigenvalue weighted by molar-refractivity contribution is -0.123. The van der Waals surface area contributed by atoms with E-state index < -0.39 is 14.9 Å². The molecule has 0 spiro atoms. The molecule has 0 unspecified atom stereocenters. The molecule has 5 amide bonds. The fourth-order valence-corrected chi connectivity index (χ4v) is 7.80. The summed E-state index contributed by atoms with van der Waals surface area (Å²) in [5.41, 5.74) is 5.86. The molecule has 12 nitrogen and oxygen atoms in total. The molecule has 15 heteroatoms. The molecule has 0 aromatic rings. The largest absolute Gasteiger partial charge is 0.356 e. The number of thioether (sulfide) groups is 1. The summed E-state index contributed by atoms with van der Waals surface area (Å²) in [5, 5.41) is 14.8. The number of hydrogen-bond acceptors (Lipinski definition) is 9. The minimum Gasteiger partial charge on any atom is -0.356 e. The van der Waals surface area contributed by atoms with Gasteiger partial charge in [-0.3, -0.25) is 14.4 Å². The Kier molecular flexibility index (Phi) is 16.1. The van der Waals surface area contributed by atoms with E-state index >= 15 is 0 Å². The number of amides is 5. The molecule has 2 rings (SSSR count). The number of nitrogens with one attached hydrogen (secondary N) is 5. The topological polar surface area (TPSA) is 189 Å². The van der Waals surface area contributed by atoms with Crippen LogP contribution in [0.25, 0.3) is 0 Å². The fraction of sp³-hybridized carbons (Fsp3) is 0.840. The molecule has 2 aliphatic rings. The van der Waals surface area contributed by atoms with Crippen molar-refractivity contribution in [3.05, 3.63) is 0 Å². The highest BCUT2D eigenvalue weighted by Gasteiger charge is 2.42. The molecule has 7 N–H and O–H groups in total. The third-order valence-electron chi connectivity index (χ3n) is 6.78. The first kappa shape index (κ1) is 34.5. The minimum absolute atomic E-state index is 0.00542. The van der Waals surface area contributed by atoms with Crippen molar-refractivity contribution in [3.8, 4) is 0 Å². The zero-order valence-corrected chi connectivity index (χ0v) is 25.8. The van der Waals surface area contributed by atoms with Crippen molar-refractivity contribution >= 4 is 55.2 Å². The molecule has 0 aliphatic carbocycles. The van der Waals surface area contributed by atoms with Gasteiger partial charge in [0.1, 0.15) is 0 Å². The van der Waals surface area contributed by atoms with Crippen LogP contribution in [0.4, 0.5) is 4.79 Å². The standard InChI is InChI=1S/C25H46N6O6S3/c1-40(36,37)39-16-15-29-24(34)18(26)9-6-8-14-28-21(32)11-3-2-7-13-27-22(33)12-5-4-10-20-23-19(17-38-20)30-25(35)31-23/h18-20,23H,2-17,26H2,1H3,(H,27,33)(H,28,32)(H,29,34)(H2,30,31,35)/t18-,19+,20+,23-/m0/s1. The number of carbonyl (C=O) groups is 4. The van der Waals surface area contributed by atoms with Crippen molar-refractivity contribution in [2.45, 2.75) is 94.0 Å². The van der Waals surface area contributed by atoms with Crippen LogP contribution in [0.3, 0.4) is 0 Å². The van der Waals surface area contributed by atoms with Crippen molar-refractivity contribution in [3.63, 3.8) is 0 Å². The van der Waals surface area contributed by atoms with Crippen LogP contribution in [0.5, 0.6) is 0 Å². The Morgan fingerprint density at radius 2 is 1.60 bits per heavy atom. The predicted molar refractivity (Wildman–Crippen MR) is 161 cm³/mol. The lowest BCUT2D eigenvalue weighted by atomic mass is 10.0. The van der Waals surface area contributed by atoms with Crippen molar-refractivity contribution in [2.24, 2.45) is 5.73 Å². The molecular formula is C25H46N6O6S3. The zero-order chi connectivity index (χ0) is 29.4. The quantitative estimate of drug-likeness (QED) is 0.0611. The summed E-state index contributed by atoms with van der Waals surface area (Å²) in [4.78, 5) is 47.4. The summed E-state index contributed by atoms with van der Waals surface area (Å²) >= 11 is 1.89. The Morgan fingerprint density at radius 3 is 2.27 bits per heavy atom. The fourth-order valence-electron chi connectivity index (χ4n) is 4.61. The van der Waals surface area contributed by atoms with Gasteiger partial charge in [-0.2, -0.15) is 11.8 Å². The van der Waals surface area contributed by atoms with E-state index in [9.17, 15) is 27.6 Å². The summed E-state index contributed by atoms with van der Waals surface area (Å²) in [6, 6.07) is -0.273. The van der Waals surface area contributed by atoms with E-state index in [2.05, 4.69) is 26.6 Å². The summed E-state index contributed by atoms with van der Waals surface area (Å²) in [5.74, 6) is 0.987. The molecule has 0 saturated carbocycles. The Hall–Kier alpha value is -1.71. The number of unbranched alkanes of at least 4 members (excludes halogenated alkanes) is 4. The zero-order valence-electron chi connectivity index (χ0n) is 23.4. The normalized spacial score (nSPS) is 20.8. The maximum atomic E-state index is 12.1. The van der Waals surface area contributed by atoms with Crippen LogP contribution in [0, 0.1) is 0 Å². The number of fused-ring (bicyclic) bond motifs is 1. The lowest BCUT2D eigenvalue weighted by Gasteiger charge is -2.16. The van der Waals surface area contributed by atoms with Gasteiger partial charge in [-0.25, -0.2) is 13.2 Å². The third-order valence-corrected chi connectivity index (χ3v) is 10.9. The van der Waals surface area contributed by atoms with E-state index in [0.29, 0.717) is 44.0 Å². The molecule has 40 heavy (non-hydrogen) atoms. The SMILES string of the molecule is CS(=O)(=O)SCCNC(=O)[C@@H](N)CCCCNC(=O)CCCCCNC(=O)CCCC[C@H]1SC[C@H]2NC(=O)N[C@@H]21. The highest BCUT2D eigenvalue weighted by molar-refractivity contribution is 8.71. The van der Waals surface area contributed by atoms with E-state index in [1.807, 2.05) is 11.8 Å². The van der Waals surface area contributed by atoms with Gasteiger partial charge in [0.2, 0.25) is 17.7 Å². The Labute approximate surface area is 245 Å². The first-order valence-electron chi connectivity index (χ1n) is 14.1. The van der Waals surface area contributed by atoms with Gasteiger partial charge in [-0.05, 0) is 55.7 Å². The molecule has 2 aliphatic heterocycles. The third kappa shape index (κ3) is 14.8. The minimum atomic E-state index is -3.12. The molecule has 2 fully saturated rings. The summed E-state index contributed by atoms with van der Waals surface area (Å²) < 4.78 is 22.1. The van der Waals surface area contributed by atoms with Crippen molar-refractivity contribution in [1.82, 2.24) is 26.6 Å². The highest BCUT2D eigenvalue weighted by Crippen LogP contribution is 2.33. The number of carbonyl (C=O) groups excluding carboxylic acids is 4. The van der Waals surface area contributed by atoms with Gasteiger partial charge in [0, 0.05) is 55.5 Å². The Morgan fingerprint density at radius 1 is 0.950 bits per heavy atom. The number of nitrogens with two attached hydrogens (primary N) is 1. The first-order valence-corrected chi connectivity index (χ1v) is 18.6. The van der Waals surface area contributed by atoms with Crippen LogP contribution >= 0.6 is 22.6 Å². The smallest absolute Gasteiger partial charge is 0.315 e. The Balaban J connectivity index is 1.35. The average Bonchev–Trinajstić information content (AvgIpc) is 3.44. The van der Waals surface area contributed by atoms with Crippen molar-refractivity contribution < 1.29 is 27.6 Å².